The molecule has 0 unspecified atom stereocenters. The standard InChI is InChI=1S/C27H36N4O3S/c1-3-5-7-13-19-31(20-14-8-6-4-2)35(33,34)25-21-24(29-30-26-17-11-12-18-28-26)27(32)23-16-10-9-15-22(23)25/h9-12,15-18,21,32H,3-8,13-14,19-20H2,1-2H3. The largest absolute Gasteiger partial charge is 0.505 e. The lowest BCUT2D eigenvalue weighted by molar-refractivity contribution is 0.386. The number of pyridine rings is 1. The number of phenolic OH excluding ortho intramolecular Hbond substituents is 1. The van der Waals surface area contributed by atoms with Crippen LogP contribution in [-0.4, -0.2) is 35.9 Å². The lowest BCUT2D eigenvalue weighted by atomic mass is 10.1. The van der Waals surface area contributed by atoms with Crippen molar-refractivity contribution in [3.8, 4) is 5.75 Å². The Hall–Kier alpha value is -2.84. The van der Waals surface area contributed by atoms with Crippen LogP contribution in [0.3, 0.4) is 0 Å². The smallest absolute Gasteiger partial charge is 0.243 e. The fourth-order valence-electron chi connectivity index (χ4n) is 4.04. The van der Waals surface area contributed by atoms with Gasteiger partial charge in [0.15, 0.2) is 11.6 Å². The second-order valence-corrected chi connectivity index (χ2v) is 10.6. The first-order valence-electron chi connectivity index (χ1n) is 12.6. The monoisotopic (exact) mass is 496 g/mol. The normalized spacial score (nSPS) is 12.2. The van der Waals surface area contributed by atoms with Crippen LogP contribution in [0.2, 0.25) is 0 Å². The summed E-state index contributed by atoms with van der Waals surface area (Å²) < 4.78 is 29.6. The van der Waals surface area contributed by atoms with Gasteiger partial charge in [0, 0.05) is 30.1 Å². The predicted octanol–water partition coefficient (Wildman–Crippen LogP) is 7.51. The molecule has 0 bridgehead atoms. The third-order valence-corrected chi connectivity index (χ3v) is 7.95. The van der Waals surface area contributed by atoms with Crippen molar-refractivity contribution in [1.82, 2.24) is 9.29 Å². The molecule has 1 N–H and O–H groups in total. The quantitative estimate of drug-likeness (QED) is 0.184. The van der Waals surface area contributed by atoms with E-state index >= 15 is 0 Å². The minimum atomic E-state index is -3.82. The molecule has 0 fully saturated rings. The van der Waals surface area contributed by atoms with E-state index in [9.17, 15) is 13.5 Å². The minimum Gasteiger partial charge on any atom is -0.505 e. The fourth-order valence-corrected chi connectivity index (χ4v) is 5.78. The molecule has 1 aromatic heterocycles. The van der Waals surface area contributed by atoms with Gasteiger partial charge in [-0.1, -0.05) is 82.7 Å². The van der Waals surface area contributed by atoms with E-state index in [4.69, 9.17) is 0 Å². The Morgan fingerprint density at radius 1 is 0.829 bits per heavy atom. The van der Waals surface area contributed by atoms with Crippen LogP contribution in [0.1, 0.15) is 65.2 Å². The van der Waals surface area contributed by atoms with Crippen molar-refractivity contribution in [2.24, 2.45) is 10.2 Å². The summed E-state index contributed by atoms with van der Waals surface area (Å²) in [5.41, 5.74) is 0.102. The Kier molecular flexibility index (Phi) is 10.2. The maximum Gasteiger partial charge on any atom is 0.243 e. The van der Waals surface area contributed by atoms with Gasteiger partial charge < -0.3 is 5.11 Å². The molecule has 0 aliphatic heterocycles. The molecule has 1 heterocycles. The number of phenols is 1. The number of nitrogens with zero attached hydrogens (tertiary/aromatic N) is 4. The molecule has 0 atom stereocenters. The highest BCUT2D eigenvalue weighted by Gasteiger charge is 2.28. The molecule has 3 aromatic rings. The van der Waals surface area contributed by atoms with Crippen LogP contribution in [0.25, 0.3) is 10.8 Å². The van der Waals surface area contributed by atoms with Gasteiger partial charge in [0.05, 0.1) is 4.90 Å². The molecule has 0 radical (unpaired) electrons. The predicted molar refractivity (Wildman–Crippen MR) is 141 cm³/mol. The maximum atomic E-state index is 14.0. The molecule has 0 aliphatic carbocycles. The molecule has 0 spiro atoms. The minimum absolute atomic E-state index is 0.100. The van der Waals surface area contributed by atoms with E-state index in [0.29, 0.717) is 29.7 Å². The van der Waals surface area contributed by atoms with E-state index in [2.05, 4.69) is 29.1 Å². The van der Waals surface area contributed by atoms with E-state index in [0.717, 1.165) is 51.4 Å². The highest BCUT2D eigenvalue weighted by molar-refractivity contribution is 7.89. The molecular weight excluding hydrogens is 460 g/mol. The van der Waals surface area contributed by atoms with Gasteiger partial charge in [-0.15, -0.1) is 10.2 Å². The number of aromatic hydroxyl groups is 1. The summed E-state index contributed by atoms with van der Waals surface area (Å²) in [5, 5.41) is 20.0. The molecule has 7 nitrogen and oxygen atoms in total. The van der Waals surface area contributed by atoms with Gasteiger partial charge in [-0.25, -0.2) is 13.4 Å². The first-order valence-corrected chi connectivity index (χ1v) is 14.0. The number of sulfonamides is 1. The molecule has 0 saturated heterocycles. The summed E-state index contributed by atoms with van der Waals surface area (Å²) in [6.45, 7) is 5.24. The topological polar surface area (TPSA) is 95.2 Å². The maximum absolute atomic E-state index is 14.0. The van der Waals surface area contributed by atoms with Crippen molar-refractivity contribution in [2.45, 2.75) is 70.1 Å². The van der Waals surface area contributed by atoms with E-state index in [1.54, 1.807) is 53.0 Å². The molecule has 35 heavy (non-hydrogen) atoms. The van der Waals surface area contributed by atoms with Crippen molar-refractivity contribution in [2.75, 3.05) is 13.1 Å². The van der Waals surface area contributed by atoms with Crippen LogP contribution in [0, 0.1) is 0 Å². The Morgan fingerprint density at radius 2 is 1.46 bits per heavy atom. The van der Waals surface area contributed by atoms with Crippen LogP contribution in [-0.2, 0) is 10.0 Å². The first kappa shape index (κ1) is 26.8. The summed E-state index contributed by atoms with van der Waals surface area (Å²) in [6.07, 6.45) is 9.60. The molecular formula is C27H36N4O3S. The number of aromatic nitrogens is 1. The van der Waals surface area contributed by atoms with Crippen molar-refractivity contribution < 1.29 is 13.5 Å². The van der Waals surface area contributed by atoms with Crippen LogP contribution in [0.4, 0.5) is 11.5 Å². The zero-order valence-electron chi connectivity index (χ0n) is 20.7. The van der Waals surface area contributed by atoms with Gasteiger partial charge in [0.1, 0.15) is 5.69 Å². The van der Waals surface area contributed by atoms with Crippen molar-refractivity contribution in [3.63, 3.8) is 0 Å². The van der Waals surface area contributed by atoms with Gasteiger partial charge >= 0.3 is 0 Å². The summed E-state index contributed by atoms with van der Waals surface area (Å²) in [6, 6.07) is 13.7. The van der Waals surface area contributed by atoms with Gasteiger partial charge in [-0.2, -0.15) is 4.31 Å². The van der Waals surface area contributed by atoms with E-state index in [1.807, 2.05) is 0 Å². The fraction of sp³-hybridized carbons (Fsp3) is 0.444. The lowest BCUT2D eigenvalue weighted by Crippen LogP contribution is -2.33. The zero-order chi connectivity index (χ0) is 25.1. The highest BCUT2D eigenvalue weighted by atomic mass is 32.2. The first-order chi connectivity index (χ1) is 17.0. The number of azo groups is 1. The number of hydrogen-bond acceptors (Lipinski definition) is 6. The zero-order valence-corrected chi connectivity index (χ0v) is 21.5. The number of unbranched alkanes of at least 4 members (excludes halogenated alkanes) is 6. The van der Waals surface area contributed by atoms with Crippen LogP contribution in [0.15, 0.2) is 69.9 Å². The third-order valence-electron chi connectivity index (χ3n) is 6.01. The van der Waals surface area contributed by atoms with Gasteiger partial charge in [0.2, 0.25) is 10.0 Å². The summed E-state index contributed by atoms with van der Waals surface area (Å²) in [7, 11) is -3.82. The number of benzene rings is 2. The van der Waals surface area contributed by atoms with Gasteiger partial charge in [-0.05, 0) is 31.0 Å². The van der Waals surface area contributed by atoms with Crippen LogP contribution in [0.5, 0.6) is 5.75 Å². The summed E-state index contributed by atoms with van der Waals surface area (Å²) >= 11 is 0. The Balaban J connectivity index is 2.02. The molecule has 3 rings (SSSR count). The average molecular weight is 497 g/mol. The number of fused-ring (bicyclic) bond motifs is 1. The number of rotatable bonds is 14. The molecule has 0 amide bonds. The van der Waals surface area contributed by atoms with Gasteiger partial charge in [-0.3, -0.25) is 0 Å². The highest BCUT2D eigenvalue weighted by Crippen LogP contribution is 2.40. The Morgan fingerprint density at radius 3 is 2.06 bits per heavy atom. The lowest BCUT2D eigenvalue weighted by Gasteiger charge is -2.23. The Bertz CT molecular complexity index is 1200. The molecule has 0 aliphatic rings. The third kappa shape index (κ3) is 7.08. The average Bonchev–Trinajstić information content (AvgIpc) is 2.88. The van der Waals surface area contributed by atoms with E-state index < -0.39 is 10.0 Å². The van der Waals surface area contributed by atoms with Crippen molar-refractivity contribution in [1.29, 1.82) is 0 Å². The van der Waals surface area contributed by atoms with Crippen molar-refractivity contribution >= 4 is 32.3 Å². The van der Waals surface area contributed by atoms with Gasteiger partial charge in [0.25, 0.3) is 0 Å². The SMILES string of the molecule is CCCCCCN(CCCCCC)S(=O)(=O)c1cc(N=Nc2ccccn2)c(O)c2ccccc12. The molecule has 0 saturated carbocycles. The molecule has 188 valence electrons. The van der Waals surface area contributed by atoms with E-state index in [-0.39, 0.29) is 16.3 Å². The molecule has 8 heteroatoms. The second-order valence-electron chi connectivity index (χ2n) is 8.70. The summed E-state index contributed by atoms with van der Waals surface area (Å²) in [5.74, 6) is 0.273. The van der Waals surface area contributed by atoms with Crippen LogP contribution >= 0.6 is 0 Å². The molecule has 2 aromatic carbocycles. The van der Waals surface area contributed by atoms with E-state index in [1.165, 1.54) is 6.07 Å². The van der Waals surface area contributed by atoms with Crippen LogP contribution < -0.4 is 0 Å². The number of hydrogen-bond donors (Lipinski definition) is 1. The second kappa shape index (κ2) is 13.3. The Labute approximate surface area is 209 Å². The van der Waals surface area contributed by atoms with Crippen molar-refractivity contribution in [3.05, 3.63) is 54.7 Å². The summed E-state index contributed by atoms with van der Waals surface area (Å²) in [4.78, 5) is 4.26.